The summed E-state index contributed by atoms with van der Waals surface area (Å²) in [5.41, 5.74) is -1.26. The second-order valence-electron chi connectivity index (χ2n) is 9.66. The Morgan fingerprint density at radius 1 is 1.19 bits per heavy atom. The molecular formula is C25H26ClF3N2O5S. The van der Waals surface area contributed by atoms with E-state index in [9.17, 15) is 31.2 Å². The van der Waals surface area contributed by atoms with Gasteiger partial charge in [-0.1, -0.05) is 25.4 Å². The number of benzene rings is 2. The van der Waals surface area contributed by atoms with E-state index in [-0.39, 0.29) is 33.0 Å². The van der Waals surface area contributed by atoms with Gasteiger partial charge in [0, 0.05) is 23.4 Å². The molecule has 1 aliphatic heterocycles. The molecule has 12 heteroatoms. The fourth-order valence-electron chi connectivity index (χ4n) is 5.32. The van der Waals surface area contributed by atoms with Gasteiger partial charge in [0.25, 0.3) is 5.91 Å². The molecule has 1 aliphatic carbocycles. The Hall–Kier alpha value is -2.79. The van der Waals surface area contributed by atoms with E-state index in [1.807, 2.05) is 13.8 Å². The number of cyclic esters (lactones) is 1. The molecule has 2 aromatic carbocycles. The summed E-state index contributed by atoms with van der Waals surface area (Å²) in [6.45, 7) is 4.00. The zero-order valence-electron chi connectivity index (χ0n) is 20.1. The lowest BCUT2D eigenvalue weighted by Gasteiger charge is -2.31. The largest absolute Gasteiger partial charge is 0.441 e. The highest BCUT2D eigenvalue weighted by molar-refractivity contribution is 7.92. The van der Waals surface area contributed by atoms with Gasteiger partial charge in [-0.3, -0.25) is 4.79 Å². The van der Waals surface area contributed by atoms with Crippen LogP contribution < -0.4 is 10.6 Å². The standard InChI is InChI=1S/C25H26ClF3N2O5S/c1-3-25(12-30-24(33)36-25)11-15-5-4-13(2)22(15)37(34,35)20-8-14(6-7-17(20)26)23(32)31-16-9-18(27)21(29)19(28)10-16/h6-10,13,15,22H,3-5,11-12H2,1-2H3,(H,30,33)(H,31,32)/t13?,15-,22?,25-/m0/s1. The highest BCUT2D eigenvalue weighted by atomic mass is 35.5. The first kappa shape index (κ1) is 27.3. The van der Waals surface area contributed by atoms with Crippen LogP contribution in [0.25, 0.3) is 0 Å². The van der Waals surface area contributed by atoms with Crippen LogP contribution in [0.15, 0.2) is 35.2 Å². The zero-order chi connectivity index (χ0) is 27.1. The van der Waals surface area contributed by atoms with Gasteiger partial charge in [0.2, 0.25) is 0 Å². The number of hydrogen-bond acceptors (Lipinski definition) is 5. The zero-order valence-corrected chi connectivity index (χ0v) is 21.7. The van der Waals surface area contributed by atoms with E-state index in [1.54, 1.807) is 0 Å². The lowest BCUT2D eigenvalue weighted by atomic mass is 9.87. The maximum absolute atomic E-state index is 13.9. The van der Waals surface area contributed by atoms with Crippen LogP contribution in [0.2, 0.25) is 5.02 Å². The van der Waals surface area contributed by atoms with Crippen molar-refractivity contribution in [3.63, 3.8) is 0 Å². The third-order valence-electron chi connectivity index (χ3n) is 7.26. The molecule has 1 saturated heterocycles. The molecule has 4 rings (SSSR count). The van der Waals surface area contributed by atoms with Crippen molar-refractivity contribution in [1.29, 1.82) is 0 Å². The van der Waals surface area contributed by atoms with Crippen molar-refractivity contribution >= 4 is 39.1 Å². The third kappa shape index (κ3) is 5.29. The molecule has 0 spiro atoms. The average Bonchev–Trinajstić information content (AvgIpc) is 3.40. The van der Waals surface area contributed by atoms with Crippen molar-refractivity contribution in [3.8, 4) is 0 Å². The molecule has 1 saturated carbocycles. The number of amides is 2. The number of anilines is 1. The minimum atomic E-state index is -4.05. The number of halogens is 4. The Labute approximate surface area is 217 Å². The number of carbonyl (C=O) groups is 2. The topological polar surface area (TPSA) is 102 Å². The molecule has 0 radical (unpaired) electrons. The summed E-state index contributed by atoms with van der Waals surface area (Å²) in [6.07, 6.45) is 1.61. The van der Waals surface area contributed by atoms with E-state index in [0.29, 0.717) is 44.4 Å². The van der Waals surface area contributed by atoms with Gasteiger partial charge in [0.1, 0.15) is 5.60 Å². The molecule has 7 nitrogen and oxygen atoms in total. The van der Waals surface area contributed by atoms with Crippen molar-refractivity contribution in [1.82, 2.24) is 5.32 Å². The summed E-state index contributed by atoms with van der Waals surface area (Å²) in [5.74, 6) is -6.03. The predicted molar refractivity (Wildman–Crippen MR) is 131 cm³/mol. The molecule has 2 N–H and O–H groups in total. The van der Waals surface area contributed by atoms with Crippen LogP contribution in [0.3, 0.4) is 0 Å². The summed E-state index contributed by atoms with van der Waals surface area (Å²) in [6, 6.07) is 4.89. The second-order valence-corrected chi connectivity index (χ2v) is 12.1. The first-order valence-electron chi connectivity index (χ1n) is 11.8. The Balaban J connectivity index is 1.62. The Morgan fingerprint density at radius 2 is 1.86 bits per heavy atom. The number of carbonyl (C=O) groups excluding carboxylic acids is 2. The van der Waals surface area contributed by atoms with Gasteiger partial charge >= 0.3 is 6.09 Å². The van der Waals surface area contributed by atoms with E-state index in [2.05, 4.69) is 10.6 Å². The summed E-state index contributed by atoms with van der Waals surface area (Å²) < 4.78 is 73.6. The fourth-order valence-corrected chi connectivity index (χ4v) is 8.17. The van der Waals surface area contributed by atoms with Crippen molar-refractivity contribution in [2.45, 2.75) is 55.3 Å². The highest BCUT2D eigenvalue weighted by Crippen LogP contribution is 2.45. The Kier molecular flexibility index (Phi) is 7.49. The SMILES string of the molecule is CC[C@]1(C[C@@H]2CCC(C)C2S(=O)(=O)c2cc(C(=O)Nc3cc(F)c(F)c(F)c3)ccc2Cl)CNC(=O)O1. The monoisotopic (exact) mass is 558 g/mol. The van der Waals surface area contributed by atoms with Gasteiger partial charge in [-0.15, -0.1) is 0 Å². The molecular weight excluding hydrogens is 533 g/mol. The first-order valence-corrected chi connectivity index (χ1v) is 13.8. The van der Waals surface area contributed by atoms with Crippen LogP contribution in [0, 0.1) is 29.3 Å². The maximum Gasteiger partial charge on any atom is 0.407 e. The molecule has 2 aliphatic rings. The number of ether oxygens (including phenoxy) is 1. The van der Waals surface area contributed by atoms with E-state index in [4.69, 9.17) is 16.3 Å². The Bertz CT molecular complexity index is 1330. The smallest absolute Gasteiger partial charge is 0.407 e. The van der Waals surface area contributed by atoms with E-state index < -0.39 is 50.1 Å². The van der Waals surface area contributed by atoms with Crippen molar-refractivity contribution in [3.05, 3.63) is 58.4 Å². The number of sulfone groups is 1. The molecule has 2 aromatic rings. The lowest BCUT2D eigenvalue weighted by molar-refractivity contribution is 0.0330. The van der Waals surface area contributed by atoms with Gasteiger partial charge in [-0.2, -0.15) is 0 Å². The average molecular weight is 559 g/mol. The van der Waals surface area contributed by atoms with E-state index in [1.165, 1.54) is 12.1 Å². The number of hydrogen-bond donors (Lipinski definition) is 2. The maximum atomic E-state index is 13.9. The number of rotatable bonds is 7. The van der Waals surface area contributed by atoms with Crippen LogP contribution in [0.5, 0.6) is 0 Å². The minimum Gasteiger partial charge on any atom is -0.441 e. The summed E-state index contributed by atoms with van der Waals surface area (Å²) >= 11 is 6.29. The van der Waals surface area contributed by atoms with Crippen molar-refractivity contribution in [2.24, 2.45) is 11.8 Å². The molecule has 0 aromatic heterocycles. The highest BCUT2D eigenvalue weighted by Gasteiger charge is 2.49. The first-order chi connectivity index (χ1) is 17.4. The van der Waals surface area contributed by atoms with Gasteiger partial charge in [0.15, 0.2) is 27.3 Å². The molecule has 37 heavy (non-hydrogen) atoms. The van der Waals surface area contributed by atoms with Crippen molar-refractivity contribution < 1.29 is 35.9 Å². The summed E-state index contributed by atoms with van der Waals surface area (Å²) in [5, 5.41) is 3.98. The fraction of sp³-hybridized carbons (Fsp3) is 0.440. The third-order valence-corrected chi connectivity index (χ3v) is 10.2. The van der Waals surface area contributed by atoms with Gasteiger partial charge < -0.3 is 15.4 Å². The molecule has 2 amide bonds. The van der Waals surface area contributed by atoms with E-state index >= 15 is 0 Å². The molecule has 4 atom stereocenters. The van der Waals surface area contributed by atoms with E-state index in [0.717, 1.165) is 6.07 Å². The van der Waals surface area contributed by atoms with Crippen molar-refractivity contribution in [2.75, 3.05) is 11.9 Å². The summed E-state index contributed by atoms with van der Waals surface area (Å²) in [7, 11) is -4.05. The lowest BCUT2D eigenvalue weighted by Crippen LogP contribution is -2.39. The predicted octanol–water partition coefficient (Wildman–Crippen LogP) is 5.48. The Morgan fingerprint density at radius 3 is 2.46 bits per heavy atom. The van der Waals surface area contributed by atoms with Crippen LogP contribution in [-0.4, -0.2) is 37.8 Å². The van der Waals surface area contributed by atoms with Gasteiger partial charge in [-0.25, -0.2) is 26.4 Å². The summed E-state index contributed by atoms with van der Waals surface area (Å²) in [4.78, 5) is 24.2. The van der Waals surface area contributed by atoms with Gasteiger partial charge in [0.05, 0.1) is 21.7 Å². The number of alkyl carbamates (subject to hydrolysis) is 1. The van der Waals surface area contributed by atoms with Crippen LogP contribution >= 0.6 is 11.6 Å². The molecule has 200 valence electrons. The molecule has 1 heterocycles. The molecule has 0 bridgehead atoms. The van der Waals surface area contributed by atoms with Gasteiger partial charge in [-0.05, 0) is 55.7 Å². The normalized spacial score (nSPS) is 25.6. The van der Waals surface area contributed by atoms with Crippen LogP contribution in [0.1, 0.15) is 49.9 Å². The quantitative estimate of drug-likeness (QED) is 0.438. The van der Waals surface area contributed by atoms with Crippen LogP contribution in [-0.2, 0) is 14.6 Å². The molecule has 2 unspecified atom stereocenters. The number of nitrogens with one attached hydrogen (secondary N) is 2. The second kappa shape index (κ2) is 10.2. The minimum absolute atomic E-state index is 0.0764. The molecule has 2 fully saturated rings. The van der Waals surface area contributed by atoms with Crippen LogP contribution in [0.4, 0.5) is 23.7 Å².